The molecule has 0 amide bonds. The van der Waals surface area contributed by atoms with Crippen LogP contribution in [-0.4, -0.2) is 30.3 Å². The lowest BCUT2D eigenvalue weighted by atomic mass is 9.93. The molecule has 2 heteroatoms. The Labute approximate surface area is 87.7 Å². The van der Waals surface area contributed by atoms with Crippen LogP contribution in [0.15, 0.2) is 0 Å². The topological polar surface area (TPSA) is 20.3 Å². The fourth-order valence-corrected chi connectivity index (χ4v) is 2.36. The van der Waals surface area contributed by atoms with Crippen molar-refractivity contribution >= 4 is 6.29 Å². The van der Waals surface area contributed by atoms with E-state index in [1.165, 1.54) is 19.4 Å². The lowest BCUT2D eigenvalue weighted by Gasteiger charge is -2.32. The molecule has 1 fully saturated rings. The molecule has 0 aromatic carbocycles. The van der Waals surface area contributed by atoms with Gasteiger partial charge in [0.15, 0.2) is 0 Å². The Bertz CT molecular complexity index is 198. The second-order valence-corrected chi connectivity index (χ2v) is 5.53. The first-order valence-electron chi connectivity index (χ1n) is 5.66. The van der Waals surface area contributed by atoms with E-state index in [1.807, 2.05) is 13.8 Å². The summed E-state index contributed by atoms with van der Waals surface area (Å²) < 4.78 is 0. The number of carbonyl (C=O) groups excluding carboxylic acids is 1. The van der Waals surface area contributed by atoms with Crippen LogP contribution in [0.25, 0.3) is 0 Å². The van der Waals surface area contributed by atoms with Gasteiger partial charge >= 0.3 is 0 Å². The third-order valence-electron chi connectivity index (χ3n) is 3.11. The lowest BCUT2D eigenvalue weighted by molar-refractivity contribution is -0.115. The molecule has 0 aliphatic carbocycles. The first-order chi connectivity index (χ1) is 6.46. The van der Waals surface area contributed by atoms with E-state index in [1.54, 1.807) is 0 Å². The highest BCUT2D eigenvalue weighted by Crippen LogP contribution is 2.27. The van der Waals surface area contributed by atoms with E-state index in [2.05, 4.69) is 18.7 Å². The first kappa shape index (κ1) is 11.7. The molecule has 0 N–H and O–H groups in total. The molecule has 82 valence electrons. The molecule has 1 saturated heterocycles. The average Bonchev–Trinajstić information content (AvgIpc) is 2.51. The number of rotatable bonds is 4. The minimum atomic E-state index is -0.183. The first-order valence-corrected chi connectivity index (χ1v) is 5.66. The average molecular weight is 197 g/mol. The highest BCUT2D eigenvalue weighted by atomic mass is 16.1. The normalized spacial score (nSPS) is 24.5. The summed E-state index contributed by atoms with van der Waals surface area (Å²) in [7, 11) is 0. The van der Waals surface area contributed by atoms with Crippen molar-refractivity contribution in [2.24, 2.45) is 11.3 Å². The summed E-state index contributed by atoms with van der Waals surface area (Å²) in [5.41, 5.74) is -0.183. The zero-order chi connectivity index (χ0) is 10.8. The largest absolute Gasteiger partial charge is 0.303 e. The predicted octanol–water partition coefficient (Wildman–Crippen LogP) is 2.33. The Morgan fingerprint density at radius 2 is 2.14 bits per heavy atom. The molecule has 1 heterocycles. The third-order valence-corrected chi connectivity index (χ3v) is 3.11. The van der Waals surface area contributed by atoms with Crippen LogP contribution in [0.3, 0.4) is 0 Å². The van der Waals surface area contributed by atoms with Crippen molar-refractivity contribution < 1.29 is 4.79 Å². The van der Waals surface area contributed by atoms with Gasteiger partial charge in [0.05, 0.1) is 0 Å². The Morgan fingerprint density at radius 3 is 2.64 bits per heavy atom. The summed E-state index contributed by atoms with van der Waals surface area (Å²) in [4.78, 5) is 13.3. The smallest absolute Gasteiger partial charge is 0.126 e. The number of hydrogen-bond acceptors (Lipinski definition) is 2. The summed E-state index contributed by atoms with van der Waals surface area (Å²) in [6, 6.07) is 0.689. The van der Waals surface area contributed by atoms with Gasteiger partial charge in [-0.2, -0.15) is 0 Å². The standard InChI is InChI=1S/C12H23NO/c1-10(2)11-6-5-7-13(11)8-12(3,4)9-14/h9-11H,5-8H2,1-4H3. The molecule has 0 saturated carbocycles. The highest BCUT2D eigenvalue weighted by Gasteiger charge is 2.31. The van der Waals surface area contributed by atoms with Gasteiger partial charge < -0.3 is 4.79 Å². The summed E-state index contributed by atoms with van der Waals surface area (Å²) in [6.45, 7) is 10.7. The van der Waals surface area contributed by atoms with Gasteiger partial charge in [-0.15, -0.1) is 0 Å². The minimum absolute atomic E-state index is 0.183. The van der Waals surface area contributed by atoms with Crippen LogP contribution in [0.4, 0.5) is 0 Å². The molecule has 0 spiro atoms. The highest BCUT2D eigenvalue weighted by molar-refractivity contribution is 5.58. The maximum atomic E-state index is 10.9. The number of hydrogen-bond donors (Lipinski definition) is 0. The van der Waals surface area contributed by atoms with Crippen LogP contribution in [0.2, 0.25) is 0 Å². The Balaban J connectivity index is 2.55. The van der Waals surface area contributed by atoms with Crippen molar-refractivity contribution in [1.29, 1.82) is 0 Å². The number of likely N-dealkylation sites (tertiary alicyclic amines) is 1. The Morgan fingerprint density at radius 1 is 1.50 bits per heavy atom. The molecule has 1 aliphatic heterocycles. The van der Waals surface area contributed by atoms with Gasteiger partial charge in [0.1, 0.15) is 6.29 Å². The van der Waals surface area contributed by atoms with E-state index in [0.717, 1.165) is 12.8 Å². The molecule has 14 heavy (non-hydrogen) atoms. The molecule has 1 atom stereocenters. The molecule has 0 radical (unpaired) electrons. The molecule has 0 bridgehead atoms. The molecule has 0 aromatic rings. The van der Waals surface area contributed by atoms with E-state index in [4.69, 9.17) is 0 Å². The van der Waals surface area contributed by atoms with Crippen LogP contribution in [0.1, 0.15) is 40.5 Å². The Kier molecular flexibility index (Phi) is 3.71. The maximum absolute atomic E-state index is 10.9. The van der Waals surface area contributed by atoms with E-state index >= 15 is 0 Å². The second-order valence-electron chi connectivity index (χ2n) is 5.53. The van der Waals surface area contributed by atoms with E-state index in [-0.39, 0.29) is 5.41 Å². The number of aldehydes is 1. The van der Waals surface area contributed by atoms with Gasteiger partial charge in [-0.05, 0) is 25.3 Å². The monoisotopic (exact) mass is 197 g/mol. The summed E-state index contributed by atoms with van der Waals surface area (Å²) in [5.74, 6) is 0.708. The van der Waals surface area contributed by atoms with E-state index in [9.17, 15) is 4.79 Å². The van der Waals surface area contributed by atoms with Gasteiger partial charge in [-0.3, -0.25) is 4.90 Å². The number of carbonyl (C=O) groups is 1. The predicted molar refractivity (Wildman–Crippen MR) is 59.3 cm³/mol. The molecule has 2 nitrogen and oxygen atoms in total. The van der Waals surface area contributed by atoms with Gasteiger partial charge in [0.2, 0.25) is 0 Å². The van der Waals surface area contributed by atoms with Crippen LogP contribution >= 0.6 is 0 Å². The van der Waals surface area contributed by atoms with Crippen LogP contribution in [0, 0.1) is 11.3 Å². The SMILES string of the molecule is CC(C)C1CCCN1CC(C)(C)C=O. The fraction of sp³-hybridized carbons (Fsp3) is 0.917. The lowest BCUT2D eigenvalue weighted by Crippen LogP contribution is -2.40. The van der Waals surface area contributed by atoms with Gasteiger partial charge in [0.25, 0.3) is 0 Å². The van der Waals surface area contributed by atoms with Crippen LogP contribution < -0.4 is 0 Å². The van der Waals surface area contributed by atoms with Gasteiger partial charge in [-0.25, -0.2) is 0 Å². The van der Waals surface area contributed by atoms with Gasteiger partial charge in [-0.1, -0.05) is 27.7 Å². The second kappa shape index (κ2) is 4.43. The van der Waals surface area contributed by atoms with Crippen molar-refractivity contribution in [3.63, 3.8) is 0 Å². The van der Waals surface area contributed by atoms with Crippen LogP contribution in [0.5, 0.6) is 0 Å². The fourth-order valence-electron chi connectivity index (χ4n) is 2.36. The van der Waals surface area contributed by atoms with E-state index in [0.29, 0.717) is 12.0 Å². The number of nitrogens with zero attached hydrogens (tertiary/aromatic N) is 1. The summed E-state index contributed by atoms with van der Waals surface area (Å²) in [6.07, 6.45) is 3.67. The van der Waals surface area contributed by atoms with Crippen molar-refractivity contribution in [3.05, 3.63) is 0 Å². The van der Waals surface area contributed by atoms with Crippen LogP contribution in [-0.2, 0) is 4.79 Å². The molecule has 1 unspecified atom stereocenters. The zero-order valence-electron chi connectivity index (χ0n) is 9.92. The molecule has 1 rings (SSSR count). The zero-order valence-corrected chi connectivity index (χ0v) is 9.92. The van der Waals surface area contributed by atoms with Gasteiger partial charge in [0, 0.05) is 18.0 Å². The summed E-state index contributed by atoms with van der Waals surface area (Å²) in [5, 5.41) is 0. The minimum Gasteiger partial charge on any atom is -0.303 e. The van der Waals surface area contributed by atoms with Crippen molar-refractivity contribution in [1.82, 2.24) is 4.90 Å². The summed E-state index contributed by atoms with van der Waals surface area (Å²) >= 11 is 0. The van der Waals surface area contributed by atoms with E-state index < -0.39 is 0 Å². The van der Waals surface area contributed by atoms with Crippen molar-refractivity contribution in [2.45, 2.75) is 46.6 Å². The van der Waals surface area contributed by atoms with Crippen molar-refractivity contribution in [2.75, 3.05) is 13.1 Å². The Hall–Kier alpha value is -0.370. The molecular weight excluding hydrogens is 174 g/mol. The maximum Gasteiger partial charge on any atom is 0.126 e. The van der Waals surface area contributed by atoms with Crippen molar-refractivity contribution in [3.8, 4) is 0 Å². The molecule has 1 aliphatic rings. The quantitative estimate of drug-likeness (QED) is 0.645. The molecule has 0 aromatic heterocycles. The molecular formula is C12H23NO. The third kappa shape index (κ3) is 2.81.